The van der Waals surface area contributed by atoms with Crippen LogP contribution in [0.1, 0.15) is 12.2 Å². The van der Waals surface area contributed by atoms with Crippen LogP contribution in [-0.4, -0.2) is 35.3 Å². The Bertz CT molecular complexity index is 1000. The number of rotatable bonds is 4. The highest BCUT2D eigenvalue weighted by atomic mass is 16.7. The van der Waals surface area contributed by atoms with E-state index in [9.17, 15) is 0 Å². The monoisotopic (exact) mass is 352 g/mol. The quantitative estimate of drug-likeness (QED) is 0.773. The molecule has 7 heteroatoms. The molecule has 0 unspecified atom stereocenters. The summed E-state index contributed by atoms with van der Waals surface area (Å²) in [6.07, 6.45) is 1.20. The van der Waals surface area contributed by atoms with Crippen LogP contribution in [0.2, 0.25) is 0 Å². The van der Waals surface area contributed by atoms with Crippen molar-refractivity contribution < 1.29 is 24.1 Å². The minimum atomic E-state index is 0.0991. The fraction of sp³-hybridized carbons (Fsp3) is 0.263. The van der Waals surface area contributed by atoms with Gasteiger partial charge in [-0.3, -0.25) is 0 Å². The zero-order valence-electron chi connectivity index (χ0n) is 13.9. The molecule has 2 aromatic carbocycles. The molecule has 2 aliphatic rings. The number of hydrogen-bond acceptors (Lipinski definition) is 7. The fourth-order valence-electron chi connectivity index (χ4n) is 3.18. The second-order valence-electron chi connectivity index (χ2n) is 6.11. The molecule has 5 rings (SSSR count). The average molecular weight is 352 g/mol. The maximum absolute atomic E-state index is 9.14. The van der Waals surface area contributed by atoms with E-state index in [1.807, 2.05) is 30.3 Å². The lowest BCUT2D eigenvalue weighted by Crippen LogP contribution is -2.00. The standard InChI is InChI=1S/C19H16N2O5/c22-5-1-2-18-20-13-8-17-16(25-10-26-17)7-12(13)19(21-18)11-3-4-14-15(6-11)24-9-23-14/h3-4,6-8,22H,1-2,5,9-10H2. The average Bonchev–Trinajstić information content (AvgIpc) is 3.31. The van der Waals surface area contributed by atoms with Gasteiger partial charge in [-0.25, -0.2) is 9.97 Å². The molecule has 0 saturated heterocycles. The topological polar surface area (TPSA) is 82.9 Å². The van der Waals surface area contributed by atoms with Gasteiger partial charge in [-0.1, -0.05) is 0 Å². The summed E-state index contributed by atoms with van der Waals surface area (Å²) in [5.41, 5.74) is 2.48. The molecule has 0 amide bonds. The van der Waals surface area contributed by atoms with Crippen LogP contribution in [0.25, 0.3) is 22.2 Å². The molecule has 132 valence electrons. The highest BCUT2D eigenvalue weighted by Gasteiger charge is 2.20. The summed E-state index contributed by atoms with van der Waals surface area (Å²) in [4.78, 5) is 9.38. The number of fused-ring (bicyclic) bond motifs is 3. The Morgan fingerprint density at radius 3 is 2.38 bits per heavy atom. The van der Waals surface area contributed by atoms with Crippen LogP contribution in [-0.2, 0) is 6.42 Å². The van der Waals surface area contributed by atoms with Crippen molar-refractivity contribution in [2.75, 3.05) is 20.2 Å². The van der Waals surface area contributed by atoms with Gasteiger partial charge < -0.3 is 24.1 Å². The molecule has 0 saturated carbocycles. The Labute approximate surface area is 149 Å². The van der Waals surface area contributed by atoms with Crippen molar-refractivity contribution in [3.05, 3.63) is 36.2 Å². The minimum absolute atomic E-state index is 0.0991. The van der Waals surface area contributed by atoms with Gasteiger partial charge in [0, 0.05) is 30.0 Å². The van der Waals surface area contributed by atoms with Gasteiger partial charge in [0.25, 0.3) is 0 Å². The summed E-state index contributed by atoms with van der Waals surface area (Å²) in [7, 11) is 0. The number of aromatic nitrogens is 2. The first-order valence-electron chi connectivity index (χ1n) is 8.43. The van der Waals surface area contributed by atoms with E-state index < -0.39 is 0 Å². The maximum Gasteiger partial charge on any atom is 0.231 e. The normalized spacial score (nSPS) is 14.2. The third kappa shape index (κ3) is 2.48. The van der Waals surface area contributed by atoms with Gasteiger partial charge in [0.1, 0.15) is 5.82 Å². The van der Waals surface area contributed by atoms with Crippen LogP contribution in [0.3, 0.4) is 0 Å². The molecule has 1 aromatic heterocycles. The van der Waals surface area contributed by atoms with Crippen LogP contribution < -0.4 is 18.9 Å². The van der Waals surface area contributed by atoms with Crippen molar-refractivity contribution in [2.45, 2.75) is 12.8 Å². The van der Waals surface area contributed by atoms with Gasteiger partial charge in [-0.15, -0.1) is 0 Å². The summed E-state index contributed by atoms with van der Waals surface area (Å²) in [6, 6.07) is 9.54. The van der Waals surface area contributed by atoms with E-state index in [0.717, 1.165) is 27.9 Å². The Morgan fingerprint density at radius 1 is 0.846 bits per heavy atom. The van der Waals surface area contributed by atoms with E-state index in [1.54, 1.807) is 0 Å². The molecule has 3 aromatic rings. The molecule has 1 N–H and O–H groups in total. The van der Waals surface area contributed by atoms with E-state index in [2.05, 4.69) is 4.98 Å². The molecule has 0 radical (unpaired) electrons. The summed E-state index contributed by atoms with van der Waals surface area (Å²) in [5.74, 6) is 3.47. The molecule has 0 spiro atoms. The lowest BCUT2D eigenvalue weighted by Gasteiger charge is -2.10. The first kappa shape index (κ1) is 15.2. The van der Waals surface area contributed by atoms with Gasteiger partial charge in [-0.2, -0.15) is 0 Å². The van der Waals surface area contributed by atoms with Crippen LogP contribution in [0.15, 0.2) is 30.3 Å². The molecule has 0 bridgehead atoms. The van der Waals surface area contributed by atoms with Crippen molar-refractivity contribution in [3.63, 3.8) is 0 Å². The number of ether oxygens (including phenoxy) is 4. The molecule has 0 fully saturated rings. The first-order chi connectivity index (χ1) is 12.8. The summed E-state index contributed by atoms with van der Waals surface area (Å²) >= 11 is 0. The van der Waals surface area contributed by atoms with E-state index in [0.29, 0.717) is 35.9 Å². The number of aryl methyl sites for hydroxylation is 1. The van der Waals surface area contributed by atoms with Crippen molar-refractivity contribution in [2.24, 2.45) is 0 Å². The first-order valence-corrected chi connectivity index (χ1v) is 8.43. The van der Waals surface area contributed by atoms with E-state index in [4.69, 9.17) is 29.0 Å². The third-order valence-electron chi connectivity index (χ3n) is 4.44. The SMILES string of the molecule is OCCCc1nc(-c2ccc3c(c2)OCO3)c2cc3c(cc2n1)OCO3. The molecule has 0 aliphatic carbocycles. The maximum atomic E-state index is 9.14. The molecule has 2 aliphatic heterocycles. The zero-order chi connectivity index (χ0) is 17.5. The lowest BCUT2D eigenvalue weighted by molar-refractivity contribution is 0.173. The lowest BCUT2D eigenvalue weighted by atomic mass is 10.0. The second kappa shape index (κ2) is 6.03. The largest absolute Gasteiger partial charge is 0.454 e. The predicted octanol–water partition coefficient (Wildman–Crippen LogP) is 2.68. The molecule has 7 nitrogen and oxygen atoms in total. The number of nitrogens with zero attached hydrogens (tertiary/aromatic N) is 2. The molecule has 0 atom stereocenters. The fourth-order valence-corrected chi connectivity index (χ4v) is 3.18. The molecular weight excluding hydrogens is 336 g/mol. The third-order valence-corrected chi connectivity index (χ3v) is 4.44. The van der Waals surface area contributed by atoms with Gasteiger partial charge in [0.15, 0.2) is 23.0 Å². The summed E-state index contributed by atoms with van der Waals surface area (Å²) in [5, 5.41) is 10.0. The Morgan fingerprint density at radius 2 is 1.58 bits per heavy atom. The Hall–Kier alpha value is -3.06. The smallest absolute Gasteiger partial charge is 0.231 e. The van der Waals surface area contributed by atoms with E-state index >= 15 is 0 Å². The molecule has 3 heterocycles. The van der Waals surface area contributed by atoms with Gasteiger partial charge in [-0.05, 0) is 30.7 Å². The van der Waals surface area contributed by atoms with Gasteiger partial charge in [0.2, 0.25) is 13.6 Å². The van der Waals surface area contributed by atoms with Crippen molar-refractivity contribution >= 4 is 10.9 Å². The Balaban J connectivity index is 1.70. The van der Waals surface area contributed by atoms with Crippen LogP contribution in [0.4, 0.5) is 0 Å². The highest BCUT2D eigenvalue weighted by molar-refractivity contribution is 5.95. The van der Waals surface area contributed by atoms with Gasteiger partial charge in [0.05, 0.1) is 11.2 Å². The summed E-state index contributed by atoms with van der Waals surface area (Å²) in [6.45, 7) is 0.529. The minimum Gasteiger partial charge on any atom is -0.454 e. The Kier molecular flexibility index (Phi) is 3.53. The zero-order valence-corrected chi connectivity index (χ0v) is 13.9. The second-order valence-corrected chi connectivity index (χ2v) is 6.11. The van der Waals surface area contributed by atoms with Crippen molar-refractivity contribution in [1.29, 1.82) is 0 Å². The number of hydrogen-bond donors (Lipinski definition) is 1. The van der Waals surface area contributed by atoms with Crippen LogP contribution >= 0.6 is 0 Å². The van der Waals surface area contributed by atoms with E-state index in [-0.39, 0.29) is 20.2 Å². The van der Waals surface area contributed by atoms with Crippen molar-refractivity contribution in [1.82, 2.24) is 9.97 Å². The predicted molar refractivity (Wildman–Crippen MR) is 92.6 cm³/mol. The van der Waals surface area contributed by atoms with Crippen LogP contribution in [0, 0.1) is 0 Å². The van der Waals surface area contributed by atoms with E-state index in [1.165, 1.54) is 0 Å². The van der Waals surface area contributed by atoms with Crippen molar-refractivity contribution in [3.8, 4) is 34.3 Å². The number of aliphatic hydroxyl groups excluding tert-OH is 1. The van der Waals surface area contributed by atoms with Crippen LogP contribution in [0.5, 0.6) is 23.0 Å². The highest BCUT2D eigenvalue weighted by Crippen LogP contribution is 2.41. The summed E-state index contributed by atoms with van der Waals surface area (Å²) < 4.78 is 21.9. The number of benzene rings is 2. The van der Waals surface area contributed by atoms with Gasteiger partial charge >= 0.3 is 0 Å². The number of aliphatic hydroxyl groups is 1. The molecule has 26 heavy (non-hydrogen) atoms. The molecular formula is C19H16N2O5.